The lowest BCUT2D eigenvalue weighted by molar-refractivity contribution is 0.102. The number of hydrogen-bond acceptors (Lipinski definition) is 4. The first-order valence-electron chi connectivity index (χ1n) is 8.18. The average Bonchev–Trinajstić information content (AvgIpc) is 2.61. The van der Waals surface area contributed by atoms with E-state index in [9.17, 15) is 4.79 Å². The SMILES string of the molecule is Cc1cc(Cl)ccc1Nc1nccc(C(=O)Nc2cccc(C)c2C)n1. The highest BCUT2D eigenvalue weighted by Crippen LogP contribution is 2.22. The molecule has 5 nitrogen and oxygen atoms in total. The molecule has 0 unspecified atom stereocenters. The van der Waals surface area contributed by atoms with Crippen LogP contribution in [-0.4, -0.2) is 15.9 Å². The van der Waals surface area contributed by atoms with Crippen molar-refractivity contribution >= 4 is 34.8 Å². The number of rotatable bonds is 4. The molecule has 26 heavy (non-hydrogen) atoms. The smallest absolute Gasteiger partial charge is 0.274 e. The van der Waals surface area contributed by atoms with Crippen molar-refractivity contribution in [1.29, 1.82) is 0 Å². The molecular formula is C20H19ClN4O. The van der Waals surface area contributed by atoms with E-state index in [1.54, 1.807) is 18.3 Å². The molecule has 2 aromatic carbocycles. The van der Waals surface area contributed by atoms with Crippen molar-refractivity contribution in [2.45, 2.75) is 20.8 Å². The number of nitrogens with zero attached hydrogens (tertiary/aromatic N) is 2. The van der Waals surface area contributed by atoms with E-state index in [0.717, 1.165) is 28.1 Å². The van der Waals surface area contributed by atoms with Gasteiger partial charge in [0.25, 0.3) is 5.91 Å². The first kappa shape index (κ1) is 17.9. The van der Waals surface area contributed by atoms with Crippen LogP contribution in [0.3, 0.4) is 0 Å². The molecule has 0 saturated carbocycles. The molecule has 1 aromatic heterocycles. The Morgan fingerprint density at radius 3 is 2.58 bits per heavy atom. The third-order valence-electron chi connectivity index (χ3n) is 4.18. The fourth-order valence-electron chi connectivity index (χ4n) is 2.51. The zero-order valence-corrected chi connectivity index (χ0v) is 15.6. The normalized spacial score (nSPS) is 10.5. The summed E-state index contributed by atoms with van der Waals surface area (Å²) in [5, 5.41) is 6.68. The second-order valence-corrected chi connectivity index (χ2v) is 6.49. The standard InChI is InChI=1S/C20H19ClN4O/c1-12-5-4-6-17(14(12)3)23-19(26)18-9-10-22-20(25-18)24-16-8-7-15(21)11-13(16)2/h4-11H,1-3H3,(H,23,26)(H,22,24,25). The number of aromatic nitrogens is 2. The van der Waals surface area contributed by atoms with Crippen LogP contribution in [0.5, 0.6) is 0 Å². The summed E-state index contributed by atoms with van der Waals surface area (Å²) in [6.45, 7) is 5.92. The minimum Gasteiger partial charge on any atom is -0.324 e. The lowest BCUT2D eigenvalue weighted by atomic mass is 10.1. The van der Waals surface area contributed by atoms with Gasteiger partial charge in [0.1, 0.15) is 5.69 Å². The van der Waals surface area contributed by atoms with Gasteiger partial charge in [-0.05, 0) is 67.8 Å². The topological polar surface area (TPSA) is 66.9 Å². The van der Waals surface area contributed by atoms with Crippen molar-refractivity contribution in [3.63, 3.8) is 0 Å². The molecule has 0 aliphatic rings. The Hall–Kier alpha value is -2.92. The number of halogens is 1. The zero-order chi connectivity index (χ0) is 18.7. The number of benzene rings is 2. The Morgan fingerprint density at radius 2 is 1.81 bits per heavy atom. The molecule has 0 saturated heterocycles. The number of nitrogens with one attached hydrogen (secondary N) is 2. The van der Waals surface area contributed by atoms with E-state index in [-0.39, 0.29) is 11.6 Å². The quantitative estimate of drug-likeness (QED) is 0.678. The highest BCUT2D eigenvalue weighted by Gasteiger charge is 2.12. The number of carbonyl (C=O) groups is 1. The van der Waals surface area contributed by atoms with Crippen molar-refractivity contribution in [2.24, 2.45) is 0 Å². The van der Waals surface area contributed by atoms with Crippen LogP contribution in [0.25, 0.3) is 0 Å². The predicted octanol–water partition coefficient (Wildman–Crippen LogP) is 5.05. The molecule has 0 radical (unpaired) electrons. The molecule has 2 N–H and O–H groups in total. The Bertz CT molecular complexity index is 972. The first-order valence-corrected chi connectivity index (χ1v) is 8.55. The van der Waals surface area contributed by atoms with Crippen molar-refractivity contribution in [2.75, 3.05) is 10.6 Å². The number of hydrogen-bond donors (Lipinski definition) is 2. The molecule has 3 aromatic rings. The molecule has 3 rings (SSSR count). The van der Waals surface area contributed by atoms with Gasteiger partial charge in [0, 0.05) is 22.6 Å². The Kier molecular flexibility index (Phi) is 5.19. The highest BCUT2D eigenvalue weighted by atomic mass is 35.5. The second kappa shape index (κ2) is 7.54. The van der Waals surface area contributed by atoms with E-state index in [1.807, 2.05) is 51.1 Å². The largest absolute Gasteiger partial charge is 0.324 e. The summed E-state index contributed by atoms with van der Waals surface area (Å²) in [4.78, 5) is 21.0. The van der Waals surface area contributed by atoms with Crippen molar-refractivity contribution in [3.05, 3.63) is 76.1 Å². The van der Waals surface area contributed by atoms with Gasteiger partial charge in [0.05, 0.1) is 0 Å². The second-order valence-electron chi connectivity index (χ2n) is 6.05. The van der Waals surface area contributed by atoms with Gasteiger partial charge in [-0.25, -0.2) is 9.97 Å². The molecule has 0 aliphatic carbocycles. The average molecular weight is 367 g/mol. The summed E-state index contributed by atoms with van der Waals surface area (Å²) >= 11 is 5.98. The summed E-state index contributed by atoms with van der Waals surface area (Å²) in [7, 11) is 0. The predicted molar refractivity (Wildman–Crippen MR) is 105 cm³/mol. The van der Waals surface area contributed by atoms with Crippen LogP contribution in [0, 0.1) is 20.8 Å². The first-order chi connectivity index (χ1) is 12.4. The van der Waals surface area contributed by atoms with E-state index in [4.69, 9.17) is 11.6 Å². The third-order valence-corrected chi connectivity index (χ3v) is 4.41. The number of anilines is 3. The Morgan fingerprint density at radius 1 is 1.00 bits per heavy atom. The van der Waals surface area contributed by atoms with E-state index < -0.39 is 0 Å². The van der Waals surface area contributed by atoms with Gasteiger partial charge in [-0.2, -0.15) is 0 Å². The van der Waals surface area contributed by atoms with Crippen LogP contribution in [0.15, 0.2) is 48.7 Å². The van der Waals surface area contributed by atoms with Crippen LogP contribution in [0.4, 0.5) is 17.3 Å². The van der Waals surface area contributed by atoms with Crippen molar-refractivity contribution in [1.82, 2.24) is 9.97 Å². The molecule has 0 aliphatic heterocycles. The molecule has 0 fully saturated rings. The molecule has 0 bridgehead atoms. The van der Waals surface area contributed by atoms with Crippen molar-refractivity contribution in [3.8, 4) is 0 Å². The monoisotopic (exact) mass is 366 g/mol. The van der Waals surface area contributed by atoms with Crippen molar-refractivity contribution < 1.29 is 4.79 Å². The summed E-state index contributed by atoms with van der Waals surface area (Å²) in [6.07, 6.45) is 1.55. The molecule has 1 amide bonds. The molecule has 1 heterocycles. The van der Waals surface area contributed by atoms with Gasteiger partial charge < -0.3 is 10.6 Å². The third kappa shape index (κ3) is 4.00. The number of aryl methyl sites for hydroxylation is 2. The van der Waals surface area contributed by atoms with Gasteiger partial charge >= 0.3 is 0 Å². The lowest BCUT2D eigenvalue weighted by Crippen LogP contribution is -2.15. The van der Waals surface area contributed by atoms with Crippen LogP contribution in [-0.2, 0) is 0 Å². The summed E-state index contributed by atoms with van der Waals surface area (Å²) < 4.78 is 0. The van der Waals surface area contributed by atoms with E-state index in [1.165, 1.54) is 0 Å². The van der Waals surface area contributed by atoms with Gasteiger partial charge in [0.15, 0.2) is 0 Å². The Labute approximate surface area is 157 Å². The number of amides is 1. The highest BCUT2D eigenvalue weighted by molar-refractivity contribution is 6.30. The molecular weight excluding hydrogens is 348 g/mol. The van der Waals surface area contributed by atoms with Gasteiger partial charge in [0.2, 0.25) is 5.95 Å². The fraction of sp³-hybridized carbons (Fsp3) is 0.150. The Balaban J connectivity index is 1.80. The molecule has 0 spiro atoms. The van der Waals surface area contributed by atoms with Gasteiger partial charge in [-0.15, -0.1) is 0 Å². The lowest BCUT2D eigenvalue weighted by Gasteiger charge is -2.11. The van der Waals surface area contributed by atoms with Crippen LogP contribution in [0.1, 0.15) is 27.2 Å². The molecule has 6 heteroatoms. The fourth-order valence-corrected chi connectivity index (χ4v) is 2.73. The van der Waals surface area contributed by atoms with E-state index >= 15 is 0 Å². The minimum atomic E-state index is -0.281. The van der Waals surface area contributed by atoms with Crippen LogP contribution < -0.4 is 10.6 Å². The maximum Gasteiger partial charge on any atom is 0.274 e. The summed E-state index contributed by atoms with van der Waals surface area (Å²) in [6, 6.07) is 12.9. The zero-order valence-electron chi connectivity index (χ0n) is 14.8. The minimum absolute atomic E-state index is 0.281. The maximum atomic E-state index is 12.5. The summed E-state index contributed by atoms with van der Waals surface area (Å²) in [5.74, 6) is 0.0704. The van der Waals surface area contributed by atoms with Crippen LogP contribution in [0.2, 0.25) is 5.02 Å². The maximum absolute atomic E-state index is 12.5. The molecule has 0 atom stereocenters. The van der Waals surface area contributed by atoms with Crippen LogP contribution >= 0.6 is 11.6 Å². The summed E-state index contributed by atoms with van der Waals surface area (Å²) in [5.41, 5.74) is 5.01. The number of carbonyl (C=O) groups excluding carboxylic acids is 1. The van der Waals surface area contributed by atoms with E-state index in [0.29, 0.717) is 11.0 Å². The molecule has 132 valence electrons. The van der Waals surface area contributed by atoms with E-state index in [2.05, 4.69) is 20.6 Å². The van der Waals surface area contributed by atoms with Gasteiger partial charge in [-0.1, -0.05) is 23.7 Å². The van der Waals surface area contributed by atoms with Gasteiger partial charge in [-0.3, -0.25) is 4.79 Å².